The van der Waals surface area contributed by atoms with Crippen LogP contribution in [0.1, 0.15) is 16.9 Å². The molecule has 0 radical (unpaired) electrons. The first kappa shape index (κ1) is 19.5. The molecule has 0 saturated carbocycles. The van der Waals surface area contributed by atoms with Crippen molar-refractivity contribution in [3.63, 3.8) is 0 Å². The van der Waals surface area contributed by atoms with Crippen LogP contribution in [0.4, 0.5) is 0 Å². The van der Waals surface area contributed by atoms with Gasteiger partial charge in [-0.3, -0.25) is 0 Å². The van der Waals surface area contributed by atoms with Crippen molar-refractivity contribution in [2.24, 2.45) is 5.73 Å². The fourth-order valence-electron chi connectivity index (χ4n) is 2.62. The molecule has 5 nitrogen and oxygen atoms in total. The van der Waals surface area contributed by atoms with Gasteiger partial charge in [-0.05, 0) is 61.7 Å². The molecule has 0 aliphatic heterocycles. The zero-order valence-corrected chi connectivity index (χ0v) is 16.1. The normalized spacial score (nSPS) is 11.6. The summed E-state index contributed by atoms with van der Waals surface area (Å²) in [7, 11) is 0. The summed E-state index contributed by atoms with van der Waals surface area (Å²) in [6, 6.07) is 15.6. The van der Waals surface area contributed by atoms with Crippen molar-refractivity contribution in [3.8, 4) is 22.1 Å². The number of nitrogens with two attached hydrogens (primary N) is 1. The van der Waals surface area contributed by atoms with Gasteiger partial charge in [0.1, 0.15) is 16.5 Å². The number of hydrogen-bond donors (Lipinski definition) is 3. The van der Waals surface area contributed by atoms with Crippen molar-refractivity contribution in [2.75, 3.05) is 13.2 Å². The molecular weight excluding hydrogens is 360 g/mol. The Morgan fingerprint density at radius 2 is 1.59 bits per heavy atom. The number of benzene rings is 2. The van der Waals surface area contributed by atoms with Gasteiger partial charge >= 0.3 is 0 Å². The number of nitrogens with zero attached hydrogens (tertiary/aromatic N) is 1. The highest BCUT2D eigenvalue weighted by molar-refractivity contribution is 7.14. The van der Waals surface area contributed by atoms with Crippen LogP contribution >= 0.6 is 11.3 Å². The largest absolute Gasteiger partial charge is 0.457 e. The van der Waals surface area contributed by atoms with E-state index in [1.165, 1.54) is 4.88 Å². The highest BCUT2D eigenvalue weighted by Crippen LogP contribution is 2.28. The molecule has 3 rings (SSSR count). The number of rotatable bonds is 8. The minimum absolute atomic E-state index is 0.235. The van der Waals surface area contributed by atoms with Gasteiger partial charge in [-0.15, -0.1) is 11.3 Å². The number of aliphatic hydroxyl groups is 2. The molecule has 0 atom stereocenters. The smallest absolute Gasteiger partial charge is 0.127 e. The molecule has 27 heavy (non-hydrogen) atoms. The average Bonchev–Trinajstić information content (AvgIpc) is 3.14. The summed E-state index contributed by atoms with van der Waals surface area (Å²) < 4.78 is 5.90. The highest BCUT2D eigenvalue weighted by Gasteiger charge is 2.22. The minimum atomic E-state index is -0.938. The fraction of sp³-hybridized carbons (Fsp3) is 0.286. The van der Waals surface area contributed by atoms with E-state index in [9.17, 15) is 10.2 Å². The minimum Gasteiger partial charge on any atom is -0.457 e. The van der Waals surface area contributed by atoms with Crippen molar-refractivity contribution in [2.45, 2.75) is 25.3 Å². The van der Waals surface area contributed by atoms with E-state index >= 15 is 0 Å². The van der Waals surface area contributed by atoms with Crippen molar-refractivity contribution < 1.29 is 14.9 Å². The van der Waals surface area contributed by atoms with Gasteiger partial charge in [0.05, 0.1) is 18.8 Å². The fourth-order valence-corrected chi connectivity index (χ4v) is 3.39. The van der Waals surface area contributed by atoms with Crippen molar-refractivity contribution >= 4 is 11.3 Å². The second-order valence-corrected chi connectivity index (χ2v) is 7.96. The number of aryl methyl sites for hydroxylation is 2. The molecule has 0 saturated heterocycles. The summed E-state index contributed by atoms with van der Waals surface area (Å²) in [6.07, 6.45) is 3.07. The second-order valence-electron chi connectivity index (χ2n) is 6.73. The van der Waals surface area contributed by atoms with E-state index in [1.54, 1.807) is 11.3 Å². The van der Waals surface area contributed by atoms with Gasteiger partial charge < -0.3 is 20.7 Å². The van der Waals surface area contributed by atoms with Crippen molar-refractivity contribution in [1.82, 2.24) is 4.98 Å². The third-order valence-electron chi connectivity index (χ3n) is 4.42. The van der Waals surface area contributed by atoms with E-state index in [1.807, 2.05) is 61.7 Å². The van der Waals surface area contributed by atoms with Crippen LogP contribution < -0.4 is 10.5 Å². The molecule has 2 aromatic carbocycles. The zero-order valence-electron chi connectivity index (χ0n) is 15.3. The molecule has 1 heterocycles. The van der Waals surface area contributed by atoms with Crippen LogP contribution in [0, 0.1) is 6.92 Å². The van der Waals surface area contributed by atoms with Gasteiger partial charge in [0, 0.05) is 16.6 Å². The molecule has 0 unspecified atom stereocenters. The van der Waals surface area contributed by atoms with Crippen molar-refractivity contribution in [3.05, 3.63) is 65.2 Å². The SMILES string of the molecule is Cc1cnc(-c2ccc(Oc3ccc(CCC(N)(CO)CO)cc3)cc2)s1. The number of thiazole rings is 1. The summed E-state index contributed by atoms with van der Waals surface area (Å²) in [4.78, 5) is 5.58. The van der Waals surface area contributed by atoms with Gasteiger partial charge in [-0.2, -0.15) is 0 Å². The lowest BCUT2D eigenvalue weighted by Gasteiger charge is -2.24. The molecule has 6 heteroatoms. The average molecular weight is 385 g/mol. The Balaban J connectivity index is 1.59. The first-order chi connectivity index (χ1) is 13.0. The molecule has 0 amide bonds. The summed E-state index contributed by atoms with van der Waals surface area (Å²) >= 11 is 1.67. The number of aromatic nitrogens is 1. The Hall–Kier alpha value is -2.25. The van der Waals surface area contributed by atoms with Gasteiger partial charge in [0.2, 0.25) is 0 Å². The number of aliphatic hydroxyl groups excluding tert-OH is 2. The third-order valence-corrected chi connectivity index (χ3v) is 5.38. The lowest BCUT2D eigenvalue weighted by atomic mass is 9.94. The Labute approximate surface area is 163 Å². The molecular formula is C21H24N2O3S. The van der Waals surface area contributed by atoms with Gasteiger partial charge in [0.25, 0.3) is 0 Å². The lowest BCUT2D eigenvalue weighted by Crippen LogP contribution is -2.47. The summed E-state index contributed by atoms with van der Waals surface area (Å²) in [5.74, 6) is 1.52. The first-order valence-electron chi connectivity index (χ1n) is 8.82. The predicted octanol–water partition coefficient (Wildman–Crippen LogP) is 3.53. The molecule has 0 spiro atoms. The van der Waals surface area contributed by atoms with Gasteiger partial charge in [-0.1, -0.05) is 12.1 Å². The maximum atomic E-state index is 9.26. The molecule has 0 aliphatic carbocycles. The molecule has 0 bridgehead atoms. The number of hydrogen-bond acceptors (Lipinski definition) is 6. The van der Waals surface area contributed by atoms with Crippen LogP contribution in [-0.4, -0.2) is 33.9 Å². The lowest BCUT2D eigenvalue weighted by molar-refractivity contribution is 0.115. The molecule has 1 aromatic heterocycles. The molecule has 4 N–H and O–H groups in total. The van der Waals surface area contributed by atoms with Gasteiger partial charge in [-0.25, -0.2) is 4.98 Å². The van der Waals surface area contributed by atoms with E-state index in [-0.39, 0.29) is 13.2 Å². The Morgan fingerprint density at radius 1 is 1.00 bits per heavy atom. The summed E-state index contributed by atoms with van der Waals surface area (Å²) in [5, 5.41) is 19.5. The zero-order chi connectivity index (χ0) is 19.3. The quantitative estimate of drug-likeness (QED) is 0.553. The Bertz CT molecular complexity index is 856. The van der Waals surface area contributed by atoms with E-state index in [2.05, 4.69) is 4.98 Å². The van der Waals surface area contributed by atoms with Crippen LogP contribution in [0.15, 0.2) is 54.7 Å². The maximum Gasteiger partial charge on any atom is 0.127 e. The standard InChI is InChI=1S/C21H24N2O3S/c1-15-12-23-20(27-15)17-4-8-19(9-5-17)26-18-6-2-16(3-7-18)10-11-21(22,13-24)14-25/h2-9,12,24-25H,10-11,13-14,22H2,1H3. The first-order valence-corrected chi connectivity index (χ1v) is 9.63. The molecule has 3 aromatic rings. The van der Waals surface area contributed by atoms with Crippen LogP contribution in [0.25, 0.3) is 10.6 Å². The van der Waals surface area contributed by atoms with E-state index in [0.29, 0.717) is 12.8 Å². The molecule has 142 valence electrons. The van der Waals surface area contributed by atoms with E-state index in [0.717, 1.165) is 27.6 Å². The Morgan fingerprint density at radius 3 is 2.11 bits per heavy atom. The Kier molecular flexibility index (Phi) is 6.23. The predicted molar refractivity (Wildman–Crippen MR) is 108 cm³/mol. The van der Waals surface area contributed by atoms with E-state index in [4.69, 9.17) is 10.5 Å². The van der Waals surface area contributed by atoms with Crippen LogP contribution in [0.3, 0.4) is 0 Å². The van der Waals surface area contributed by atoms with Gasteiger partial charge in [0.15, 0.2) is 0 Å². The summed E-state index contributed by atoms with van der Waals surface area (Å²) in [5.41, 5.74) is 7.12. The van der Waals surface area contributed by atoms with E-state index < -0.39 is 5.54 Å². The third kappa shape index (κ3) is 5.14. The second kappa shape index (κ2) is 8.63. The molecule has 0 fully saturated rings. The highest BCUT2D eigenvalue weighted by atomic mass is 32.1. The topological polar surface area (TPSA) is 88.6 Å². The molecule has 0 aliphatic rings. The van der Waals surface area contributed by atoms with Crippen LogP contribution in [-0.2, 0) is 6.42 Å². The summed E-state index contributed by atoms with van der Waals surface area (Å²) in [6.45, 7) is 1.58. The maximum absolute atomic E-state index is 9.26. The number of ether oxygens (including phenoxy) is 1. The van der Waals surface area contributed by atoms with Crippen molar-refractivity contribution in [1.29, 1.82) is 0 Å². The van der Waals surface area contributed by atoms with Crippen LogP contribution in [0.2, 0.25) is 0 Å². The van der Waals surface area contributed by atoms with Crippen LogP contribution in [0.5, 0.6) is 11.5 Å². The monoisotopic (exact) mass is 384 g/mol.